The highest BCUT2D eigenvalue weighted by atomic mass is 16.1. The smallest absolute Gasteiger partial charge is 0.255 e. The van der Waals surface area contributed by atoms with Crippen LogP contribution < -0.4 is 10.6 Å². The first kappa shape index (κ1) is 13.8. The zero-order chi connectivity index (χ0) is 14.8. The van der Waals surface area contributed by atoms with Crippen LogP contribution in [0.2, 0.25) is 0 Å². The Morgan fingerprint density at radius 2 is 2.00 bits per heavy atom. The van der Waals surface area contributed by atoms with Gasteiger partial charge in [-0.05, 0) is 47.7 Å². The minimum Gasteiger partial charge on any atom is -0.321 e. The Balaban J connectivity index is 1.87. The lowest BCUT2D eigenvalue weighted by Crippen LogP contribution is -2.14. The van der Waals surface area contributed by atoms with Gasteiger partial charge in [-0.25, -0.2) is 0 Å². The number of rotatable bonds is 3. The van der Waals surface area contributed by atoms with Crippen molar-refractivity contribution in [2.45, 2.75) is 33.4 Å². The van der Waals surface area contributed by atoms with Crippen LogP contribution in [0.25, 0.3) is 0 Å². The largest absolute Gasteiger partial charge is 0.321 e. The predicted molar refractivity (Wildman–Crippen MR) is 85.5 cm³/mol. The zero-order valence-electron chi connectivity index (χ0n) is 12.5. The van der Waals surface area contributed by atoms with Crippen molar-refractivity contribution >= 4 is 11.6 Å². The highest BCUT2D eigenvalue weighted by Gasteiger charge is 2.15. The van der Waals surface area contributed by atoms with E-state index in [2.05, 4.69) is 23.6 Å². The summed E-state index contributed by atoms with van der Waals surface area (Å²) in [5, 5.41) is 6.38. The van der Waals surface area contributed by atoms with Crippen LogP contribution in [0.3, 0.4) is 0 Å². The van der Waals surface area contributed by atoms with Crippen molar-refractivity contribution < 1.29 is 4.79 Å². The molecular weight excluding hydrogens is 260 g/mol. The van der Waals surface area contributed by atoms with Crippen LogP contribution in [0.15, 0.2) is 36.4 Å². The molecule has 3 rings (SSSR count). The summed E-state index contributed by atoms with van der Waals surface area (Å²) >= 11 is 0. The average molecular weight is 280 g/mol. The van der Waals surface area contributed by atoms with Gasteiger partial charge in [0.1, 0.15) is 0 Å². The second kappa shape index (κ2) is 5.70. The van der Waals surface area contributed by atoms with E-state index >= 15 is 0 Å². The SMILES string of the molecule is CCc1cccc(C)c1NC(=O)c1ccc2c(c1)CNC2. The molecule has 1 aliphatic rings. The molecule has 0 aromatic heterocycles. The van der Waals surface area contributed by atoms with Gasteiger partial charge in [-0.2, -0.15) is 0 Å². The van der Waals surface area contributed by atoms with Crippen LogP contribution in [-0.4, -0.2) is 5.91 Å². The standard InChI is InChI=1S/C18H20N2O/c1-3-13-6-4-5-12(2)17(13)20-18(21)14-7-8-15-10-19-11-16(15)9-14/h4-9,19H,3,10-11H2,1-2H3,(H,20,21). The lowest BCUT2D eigenvalue weighted by molar-refractivity contribution is 0.102. The summed E-state index contributed by atoms with van der Waals surface area (Å²) in [6, 6.07) is 12.1. The highest BCUT2D eigenvalue weighted by Crippen LogP contribution is 2.23. The lowest BCUT2D eigenvalue weighted by Gasteiger charge is -2.13. The molecule has 2 aromatic rings. The predicted octanol–water partition coefficient (Wildman–Crippen LogP) is 3.41. The van der Waals surface area contributed by atoms with Crippen molar-refractivity contribution in [1.29, 1.82) is 0 Å². The molecule has 0 fully saturated rings. The summed E-state index contributed by atoms with van der Waals surface area (Å²) in [5.74, 6) is -0.0336. The summed E-state index contributed by atoms with van der Waals surface area (Å²) in [4.78, 5) is 12.5. The molecule has 3 nitrogen and oxygen atoms in total. The number of aryl methyl sites for hydroxylation is 2. The topological polar surface area (TPSA) is 41.1 Å². The second-order valence-corrected chi connectivity index (χ2v) is 5.50. The van der Waals surface area contributed by atoms with Gasteiger partial charge < -0.3 is 10.6 Å². The molecule has 108 valence electrons. The number of nitrogens with one attached hydrogen (secondary N) is 2. The number of carbonyl (C=O) groups is 1. The maximum Gasteiger partial charge on any atom is 0.255 e. The van der Waals surface area contributed by atoms with Crippen molar-refractivity contribution in [2.24, 2.45) is 0 Å². The molecule has 1 amide bonds. The Bertz CT molecular complexity index is 692. The minimum atomic E-state index is -0.0336. The van der Waals surface area contributed by atoms with Crippen molar-refractivity contribution in [1.82, 2.24) is 5.32 Å². The van der Waals surface area contributed by atoms with Gasteiger partial charge in [0.05, 0.1) is 0 Å². The summed E-state index contributed by atoms with van der Waals surface area (Å²) in [5.41, 5.74) is 6.46. The van der Waals surface area contributed by atoms with E-state index < -0.39 is 0 Å². The molecule has 0 aliphatic carbocycles. The molecule has 0 bridgehead atoms. The number of fused-ring (bicyclic) bond motifs is 1. The molecular formula is C18H20N2O. The maximum atomic E-state index is 12.5. The molecule has 1 heterocycles. The average Bonchev–Trinajstić information content (AvgIpc) is 2.96. The first-order valence-electron chi connectivity index (χ1n) is 7.41. The fourth-order valence-electron chi connectivity index (χ4n) is 2.82. The van der Waals surface area contributed by atoms with E-state index in [4.69, 9.17) is 0 Å². The molecule has 0 radical (unpaired) electrons. The Morgan fingerprint density at radius 3 is 2.81 bits per heavy atom. The maximum absolute atomic E-state index is 12.5. The molecule has 21 heavy (non-hydrogen) atoms. The molecule has 0 spiro atoms. The third-order valence-electron chi connectivity index (χ3n) is 4.08. The zero-order valence-corrected chi connectivity index (χ0v) is 12.5. The van der Waals surface area contributed by atoms with Crippen LogP contribution in [0.5, 0.6) is 0 Å². The third-order valence-corrected chi connectivity index (χ3v) is 4.08. The first-order chi connectivity index (χ1) is 10.2. The number of anilines is 1. The Labute approximate surface area is 125 Å². The highest BCUT2D eigenvalue weighted by molar-refractivity contribution is 6.05. The summed E-state index contributed by atoms with van der Waals surface area (Å²) in [7, 11) is 0. The van der Waals surface area contributed by atoms with Crippen LogP contribution in [0.4, 0.5) is 5.69 Å². The van der Waals surface area contributed by atoms with Gasteiger partial charge in [0.2, 0.25) is 0 Å². The van der Waals surface area contributed by atoms with E-state index in [1.165, 1.54) is 16.7 Å². The molecule has 1 aliphatic heterocycles. The van der Waals surface area contributed by atoms with E-state index in [9.17, 15) is 4.79 Å². The van der Waals surface area contributed by atoms with E-state index in [-0.39, 0.29) is 5.91 Å². The number of amides is 1. The van der Waals surface area contributed by atoms with Crippen molar-refractivity contribution in [2.75, 3.05) is 5.32 Å². The lowest BCUT2D eigenvalue weighted by atomic mass is 10.0. The fraction of sp³-hybridized carbons (Fsp3) is 0.278. The van der Waals surface area contributed by atoms with Crippen LogP contribution in [-0.2, 0) is 19.5 Å². The number of benzene rings is 2. The monoisotopic (exact) mass is 280 g/mol. The normalized spacial score (nSPS) is 13.0. The Morgan fingerprint density at radius 1 is 1.19 bits per heavy atom. The quantitative estimate of drug-likeness (QED) is 0.904. The summed E-state index contributed by atoms with van der Waals surface area (Å²) in [6.07, 6.45) is 0.908. The van der Waals surface area contributed by atoms with Gasteiger partial charge in [-0.15, -0.1) is 0 Å². The molecule has 2 aromatic carbocycles. The Kier molecular flexibility index (Phi) is 3.76. The van der Waals surface area contributed by atoms with Gasteiger partial charge in [0.25, 0.3) is 5.91 Å². The van der Waals surface area contributed by atoms with E-state index in [1.807, 2.05) is 37.3 Å². The van der Waals surface area contributed by atoms with Gasteiger partial charge in [-0.3, -0.25) is 4.79 Å². The first-order valence-corrected chi connectivity index (χ1v) is 7.41. The molecule has 0 saturated carbocycles. The summed E-state index contributed by atoms with van der Waals surface area (Å²) < 4.78 is 0. The van der Waals surface area contributed by atoms with Gasteiger partial charge in [0, 0.05) is 24.3 Å². The molecule has 0 saturated heterocycles. The van der Waals surface area contributed by atoms with E-state index in [1.54, 1.807) is 0 Å². The molecule has 0 unspecified atom stereocenters. The van der Waals surface area contributed by atoms with E-state index in [0.717, 1.165) is 36.3 Å². The van der Waals surface area contributed by atoms with Crippen molar-refractivity contribution in [3.63, 3.8) is 0 Å². The van der Waals surface area contributed by atoms with Crippen LogP contribution in [0.1, 0.15) is 39.5 Å². The van der Waals surface area contributed by atoms with Crippen LogP contribution in [0, 0.1) is 6.92 Å². The number of hydrogen-bond donors (Lipinski definition) is 2. The van der Waals surface area contributed by atoms with Gasteiger partial charge in [-0.1, -0.05) is 31.2 Å². The van der Waals surface area contributed by atoms with Gasteiger partial charge >= 0.3 is 0 Å². The van der Waals surface area contributed by atoms with E-state index in [0.29, 0.717) is 0 Å². The van der Waals surface area contributed by atoms with Crippen molar-refractivity contribution in [3.05, 3.63) is 64.2 Å². The second-order valence-electron chi connectivity index (χ2n) is 5.50. The van der Waals surface area contributed by atoms with Crippen molar-refractivity contribution in [3.8, 4) is 0 Å². The summed E-state index contributed by atoms with van der Waals surface area (Å²) in [6.45, 7) is 5.88. The number of hydrogen-bond acceptors (Lipinski definition) is 2. The minimum absolute atomic E-state index is 0.0336. The van der Waals surface area contributed by atoms with Gasteiger partial charge in [0.15, 0.2) is 0 Å². The van der Waals surface area contributed by atoms with Crippen LogP contribution >= 0.6 is 0 Å². The Hall–Kier alpha value is -2.13. The third kappa shape index (κ3) is 2.69. The number of carbonyl (C=O) groups excluding carboxylic acids is 1. The molecule has 0 atom stereocenters. The fourth-order valence-corrected chi connectivity index (χ4v) is 2.82. The molecule has 3 heteroatoms. The number of para-hydroxylation sites is 1. The molecule has 2 N–H and O–H groups in total.